The van der Waals surface area contributed by atoms with Gasteiger partial charge >= 0.3 is 0 Å². The van der Waals surface area contributed by atoms with Gasteiger partial charge < -0.3 is 9.84 Å². The van der Waals surface area contributed by atoms with Gasteiger partial charge in [-0.05, 0) is 39.5 Å². The van der Waals surface area contributed by atoms with Crippen LogP contribution in [0.5, 0.6) is 0 Å². The standard InChI is InChI=1S/C12H21N3O2/c1-12(2,16)11-9-15(14-13-11)7-3-5-10-6-4-8-17-10/h9-10,16H,3-8H2,1-2H3. The summed E-state index contributed by atoms with van der Waals surface area (Å²) in [5.74, 6) is 0. The van der Waals surface area contributed by atoms with Crippen LogP contribution in [-0.2, 0) is 16.9 Å². The molecule has 0 aromatic carbocycles. The molecular formula is C12H21N3O2. The molecule has 0 bridgehead atoms. The maximum Gasteiger partial charge on any atom is 0.114 e. The smallest absolute Gasteiger partial charge is 0.114 e. The van der Waals surface area contributed by atoms with Crippen LogP contribution in [0.3, 0.4) is 0 Å². The molecule has 5 nitrogen and oxygen atoms in total. The fourth-order valence-electron chi connectivity index (χ4n) is 2.04. The molecule has 1 aromatic rings. The number of rotatable bonds is 5. The van der Waals surface area contributed by atoms with Crippen molar-refractivity contribution in [2.75, 3.05) is 6.61 Å². The molecule has 17 heavy (non-hydrogen) atoms. The molecule has 1 saturated heterocycles. The fourth-order valence-corrected chi connectivity index (χ4v) is 2.04. The Balaban J connectivity index is 1.77. The van der Waals surface area contributed by atoms with Crippen molar-refractivity contribution < 1.29 is 9.84 Å². The van der Waals surface area contributed by atoms with E-state index in [1.807, 2.05) is 6.20 Å². The molecule has 0 spiro atoms. The Morgan fingerprint density at radius 3 is 3.00 bits per heavy atom. The molecule has 1 aliphatic rings. The molecule has 2 heterocycles. The maximum atomic E-state index is 9.76. The largest absolute Gasteiger partial charge is 0.384 e. The highest BCUT2D eigenvalue weighted by Crippen LogP contribution is 2.18. The van der Waals surface area contributed by atoms with Crippen LogP contribution in [0.4, 0.5) is 0 Å². The van der Waals surface area contributed by atoms with E-state index in [4.69, 9.17) is 4.74 Å². The summed E-state index contributed by atoms with van der Waals surface area (Å²) in [6, 6.07) is 0. The van der Waals surface area contributed by atoms with E-state index in [1.165, 1.54) is 12.8 Å². The summed E-state index contributed by atoms with van der Waals surface area (Å²) in [6.07, 6.45) is 6.75. The van der Waals surface area contributed by atoms with Gasteiger partial charge in [0.2, 0.25) is 0 Å². The molecule has 96 valence electrons. The zero-order valence-corrected chi connectivity index (χ0v) is 10.6. The third kappa shape index (κ3) is 3.51. The number of ether oxygens (including phenoxy) is 1. The van der Waals surface area contributed by atoms with Crippen LogP contribution < -0.4 is 0 Å². The van der Waals surface area contributed by atoms with Crippen LogP contribution in [0.15, 0.2) is 6.20 Å². The predicted octanol–water partition coefficient (Wildman–Crippen LogP) is 1.46. The van der Waals surface area contributed by atoms with E-state index in [0.717, 1.165) is 26.0 Å². The van der Waals surface area contributed by atoms with Crippen LogP contribution in [0.25, 0.3) is 0 Å². The Morgan fingerprint density at radius 1 is 1.59 bits per heavy atom. The third-order valence-electron chi connectivity index (χ3n) is 3.10. The van der Waals surface area contributed by atoms with E-state index < -0.39 is 5.60 Å². The number of aliphatic hydroxyl groups is 1. The minimum Gasteiger partial charge on any atom is -0.384 e. The van der Waals surface area contributed by atoms with Crippen molar-refractivity contribution >= 4 is 0 Å². The highest BCUT2D eigenvalue weighted by Gasteiger charge is 2.20. The van der Waals surface area contributed by atoms with E-state index in [2.05, 4.69) is 10.3 Å². The van der Waals surface area contributed by atoms with Crippen LogP contribution in [0.2, 0.25) is 0 Å². The van der Waals surface area contributed by atoms with Gasteiger partial charge in [0, 0.05) is 13.2 Å². The van der Waals surface area contributed by atoms with Crippen molar-refractivity contribution in [3.8, 4) is 0 Å². The summed E-state index contributed by atoms with van der Waals surface area (Å²) < 4.78 is 7.36. The molecule has 1 aromatic heterocycles. The minimum atomic E-state index is -0.910. The Hall–Kier alpha value is -0.940. The molecule has 0 saturated carbocycles. The van der Waals surface area contributed by atoms with Gasteiger partial charge in [-0.15, -0.1) is 5.10 Å². The van der Waals surface area contributed by atoms with Crippen molar-refractivity contribution in [3.63, 3.8) is 0 Å². The number of hydrogen-bond acceptors (Lipinski definition) is 4. The quantitative estimate of drug-likeness (QED) is 0.845. The lowest BCUT2D eigenvalue weighted by Crippen LogP contribution is -2.15. The first kappa shape index (κ1) is 12.5. The lowest BCUT2D eigenvalue weighted by molar-refractivity contribution is 0.0737. The van der Waals surface area contributed by atoms with Crippen LogP contribution in [0, 0.1) is 0 Å². The van der Waals surface area contributed by atoms with Crippen molar-refractivity contribution in [2.45, 2.75) is 57.8 Å². The number of aromatic nitrogens is 3. The SMILES string of the molecule is CC(C)(O)c1cn(CCCC2CCCO2)nn1. The first-order chi connectivity index (χ1) is 8.05. The summed E-state index contributed by atoms with van der Waals surface area (Å²) >= 11 is 0. The van der Waals surface area contributed by atoms with Gasteiger partial charge in [-0.2, -0.15) is 0 Å². The summed E-state index contributed by atoms with van der Waals surface area (Å²) in [5.41, 5.74) is -0.290. The monoisotopic (exact) mass is 239 g/mol. The lowest BCUT2D eigenvalue weighted by Gasteiger charge is -2.12. The molecule has 5 heteroatoms. The second-order valence-corrected chi connectivity index (χ2v) is 5.20. The Labute approximate surface area is 102 Å². The molecular weight excluding hydrogens is 218 g/mol. The highest BCUT2D eigenvalue weighted by molar-refractivity contribution is 5.02. The second kappa shape index (κ2) is 5.14. The number of hydrogen-bond donors (Lipinski definition) is 1. The first-order valence-electron chi connectivity index (χ1n) is 6.30. The summed E-state index contributed by atoms with van der Waals surface area (Å²) in [4.78, 5) is 0. The number of aryl methyl sites for hydroxylation is 1. The number of nitrogens with zero attached hydrogens (tertiary/aromatic N) is 3. The zero-order chi connectivity index (χ0) is 12.3. The van der Waals surface area contributed by atoms with E-state index in [0.29, 0.717) is 11.8 Å². The normalized spacial score (nSPS) is 21.0. The van der Waals surface area contributed by atoms with Gasteiger partial charge in [-0.3, -0.25) is 4.68 Å². The molecule has 1 atom stereocenters. The van der Waals surface area contributed by atoms with Crippen LogP contribution in [-0.4, -0.2) is 32.8 Å². The second-order valence-electron chi connectivity index (χ2n) is 5.20. The van der Waals surface area contributed by atoms with E-state index in [1.54, 1.807) is 18.5 Å². The van der Waals surface area contributed by atoms with E-state index >= 15 is 0 Å². The average molecular weight is 239 g/mol. The Morgan fingerprint density at radius 2 is 2.41 bits per heavy atom. The first-order valence-corrected chi connectivity index (χ1v) is 6.30. The molecule has 0 radical (unpaired) electrons. The summed E-state index contributed by atoms with van der Waals surface area (Å²) in [5, 5.41) is 17.7. The Bertz CT molecular complexity index is 351. The minimum absolute atomic E-state index is 0.437. The van der Waals surface area contributed by atoms with Gasteiger partial charge in [0.15, 0.2) is 0 Å². The van der Waals surface area contributed by atoms with Gasteiger partial charge in [0.05, 0.1) is 12.3 Å². The van der Waals surface area contributed by atoms with Crippen molar-refractivity contribution in [2.24, 2.45) is 0 Å². The summed E-state index contributed by atoms with van der Waals surface area (Å²) in [6.45, 7) is 5.18. The van der Waals surface area contributed by atoms with Crippen molar-refractivity contribution in [1.82, 2.24) is 15.0 Å². The lowest BCUT2D eigenvalue weighted by atomic mass is 10.1. The molecule has 1 unspecified atom stereocenters. The van der Waals surface area contributed by atoms with Crippen LogP contribution >= 0.6 is 0 Å². The van der Waals surface area contributed by atoms with E-state index in [9.17, 15) is 5.11 Å². The molecule has 1 aliphatic heterocycles. The predicted molar refractivity (Wildman–Crippen MR) is 63.5 cm³/mol. The molecule has 2 rings (SSSR count). The fraction of sp³-hybridized carbons (Fsp3) is 0.833. The molecule has 1 fully saturated rings. The zero-order valence-electron chi connectivity index (χ0n) is 10.6. The third-order valence-corrected chi connectivity index (χ3v) is 3.10. The molecule has 0 aliphatic carbocycles. The van der Waals surface area contributed by atoms with Crippen molar-refractivity contribution in [3.05, 3.63) is 11.9 Å². The highest BCUT2D eigenvalue weighted by atomic mass is 16.5. The Kier molecular flexibility index (Phi) is 3.79. The molecule has 0 amide bonds. The average Bonchev–Trinajstić information content (AvgIpc) is 2.86. The van der Waals surface area contributed by atoms with Gasteiger partial charge in [0.1, 0.15) is 11.3 Å². The topological polar surface area (TPSA) is 60.2 Å². The van der Waals surface area contributed by atoms with Gasteiger partial charge in [-0.1, -0.05) is 5.21 Å². The van der Waals surface area contributed by atoms with Crippen LogP contribution in [0.1, 0.15) is 45.2 Å². The van der Waals surface area contributed by atoms with Gasteiger partial charge in [0.25, 0.3) is 0 Å². The van der Waals surface area contributed by atoms with Gasteiger partial charge in [-0.25, -0.2) is 0 Å². The maximum absolute atomic E-state index is 9.76. The van der Waals surface area contributed by atoms with Crippen molar-refractivity contribution in [1.29, 1.82) is 0 Å². The summed E-state index contributed by atoms with van der Waals surface area (Å²) in [7, 11) is 0. The van der Waals surface area contributed by atoms with E-state index in [-0.39, 0.29) is 0 Å². The molecule has 1 N–H and O–H groups in total.